The molecular formula is C15H16INOS. The second-order valence-electron chi connectivity index (χ2n) is 4.08. The van der Waals surface area contributed by atoms with Crippen LogP contribution in [0.3, 0.4) is 0 Å². The first kappa shape index (κ1) is 14.7. The smallest absolute Gasteiger partial charge is 0.118 e. The van der Waals surface area contributed by atoms with Gasteiger partial charge in [0, 0.05) is 3.57 Å². The van der Waals surface area contributed by atoms with E-state index in [0.717, 1.165) is 5.75 Å². The summed E-state index contributed by atoms with van der Waals surface area (Å²) in [5.74, 6) is 0.884. The third-order valence-corrected chi connectivity index (χ3v) is 4.01. The molecule has 2 aromatic carbocycles. The first-order chi connectivity index (χ1) is 9.24. The summed E-state index contributed by atoms with van der Waals surface area (Å²) in [6, 6.07) is 17.0. The molecule has 4 heteroatoms. The lowest BCUT2D eigenvalue weighted by molar-refractivity contribution is 0.414. The number of nitrogens with one attached hydrogen (secondary N) is 1. The van der Waals surface area contributed by atoms with Gasteiger partial charge in [-0.25, -0.2) is 0 Å². The normalized spacial score (nSPS) is 12.2. The predicted octanol–water partition coefficient (Wildman–Crippen LogP) is 4.26. The molecule has 0 bridgehead atoms. The molecule has 2 aromatic rings. The standard InChI is InChI=1S/C15H16INOS/c1-18-14-8-6-11(7-9-14)15(17-19-2)12-4-3-5-13(16)10-12/h3-10,15,17H,1-2H3. The maximum atomic E-state index is 5.21. The van der Waals surface area contributed by atoms with E-state index in [1.165, 1.54) is 14.7 Å². The van der Waals surface area contributed by atoms with Crippen LogP contribution in [0.25, 0.3) is 0 Å². The Bertz CT molecular complexity index is 530. The number of benzene rings is 2. The van der Waals surface area contributed by atoms with Gasteiger partial charge in [-0.15, -0.1) is 0 Å². The Morgan fingerprint density at radius 2 is 1.84 bits per heavy atom. The van der Waals surface area contributed by atoms with Crippen LogP contribution in [-0.4, -0.2) is 13.4 Å². The first-order valence-electron chi connectivity index (χ1n) is 5.92. The van der Waals surface area contributed by atoms with E-state index in [4.69, 9.17) is 4.74 Å². The molecule has 19 heavy (non-hydrogen) atoms. The van der Waals surface area contributed by atoms with Gasteiger partial charge < -0.3 is 4.74 Å². The Morgan fingerprint density at radius 1 is 1.11 bits per heavy atom. The molecule has 0 saturated carbocycles. The Kier molecular flexibility index (Phi) is 5.54. The minimum absolute atomic E-state index is 0.190. The summed E-state index contributed by atoms with van der Waals surface area (Å²) in [6.45, 7) is 0. The highest BCUT2D eigenvalue weighted by Gasteiger charge is 2.13. The molecule has 0 aliphatic heterocycles. The summed E-state index contributed by atoms with van der Waals surface area (Å²) >= 11 is 3.97. The third-order valence-electron chi connectivity index (χ3n) is 2.87. The van der Waals surface area contributed by atoms with Crippen molar-refractivity contribution in [2.45, 2.75) is 6.04 Å². The van der Waals surface area contributed by atoms with Gasteiger partial charge in [-0.3, -0.25) is 4.72 Å². The van der Waals surface area contributed by atoms with Crippen LogP contribution in [0.5, 0.6) is 5.75 Å². The molecule has 1 unspecified atom stereocenters. The fourth-order valence-corrected chi connectivity index (χ4v) is 3.00. The van der Waals surface area contributed by atoms with Gasteiger partial charge in [0.15, 0.2) is 0 Å². The predicted molar refractivity (Wildman–Crippen MR) is 90.6 cm³/mol. The minimum atomic E-state index is 0.190. The zero-order valence-electron chi connectivity index (χ0n) is 10.9. The van der Waals surface area contributed by atoms with Gasteiger partial charge in [0.1, 0.15) is 5.75 Å². The monoisotopic (exact) mass is 385 g/mol. The number of ether oxygens (including phenoxy) is 1. The highest BCUT2D eigenvalue weighted by Crippen LogP contribution is 2.26. The molecule has 2 rings (SSSR count). The second kappa shape index (κ2) is 7.17. The van der Waals surface area contributed by atoms with Gasteiger partial charge >= 0.3 is 0 Å². The second-order valence-corrected chi connectivity index (χ2v) is 5.97. The highest BCUT2D eigenvalue weighted by atomic mass is 127. The molecule has 2 nitrogen and oxygen atoms in total. The third kappa shape index (κ3) is 3.87. The molecule has 0 aliphatic rings. The Hall–Kier alpha value is -0.720. The molecule has 0 amide bonds. The van der Waals surface area contributed by atoms with Crippen molar-refractivity contribution in [1.82, 2.24) is 4.72 Å². The van der Waals surface area contributed by atoms with Gasteiger partial charge in [-0.2, -0.15) is 0 Å². The van der Waals surface area contributed by atoms with Crippen LogP contribution < -0.4 is 9.46 Å². The van der Waals surface area contributed by atoms with E-state index < -0.39 is 0 Å². The molecule has 0 aromatic heterocycles. The van der Waals surface area contributed by atoms with Gasteiger partial charge in [0.05, 0.1) is 13.2 Å². The van der Waals surface area contributed by atoms with Crippen LogP contribution in [0.1, 0.15) is 17.2 Å². The Balaban J connectivity index is 2.33. The quantitative estimate of drug-likeness (QED) is 0.614. The average molecular weight is 385 g/mol. The van der Waals surface area contributed by atoms with Crippen molar-refractivity contribution in [3.63, 3.8) is 0 Å². The van der Waals surface area contributed by atoms with E-state index in [-0.39, 0.29) is 6.04 Å². The van der Waals surface area contributed by atoms with Crippen molar-refractivity contribution in [1.29, 1.82) is 0 Å². The van der Waals surface area contributed by atoms with Crippen LogP contribution in [0.4, 0.5) is 0 Å². The maximum absolute atomic E-state index is 5.21. The summed E-state index contributed by atoms with van der Waals surface area (Å²) in [4.78, 5) is 0. The lowest BCUT2D eigenvalue weighted by atomic mass is 10.00. The molecule has 0 spiro atoms. The Labute approximate surface area is 132 Å². The summed E-state index contributed by atoms with van der Waals surface area (Å²) in [5, 5.41) is 0. The van der Waals surface area contributed by atoms with E-state index in [2.05, 4.69) is 63.7 Å². The molecule has 0 saturated heterocycles. The zero-order chi connectivity index (χ0) is 13.7. The number of methoxy groups -OCH3 is 1. The number of hydrogen-bond acceptors (Lipinski definition) is 3. The van der Waals surface area contributed by atoms with E-state index in [0.29, 0.717) is 0 Å². The molecule has 0 heterocycles. The largest absolute Gasteiger partial charge is 0.497 e. The van der Waals surface area contributed by atoms with Crippen LogP contribution >= 0.6 is 34.5 Å². The molecule has 0 aliphatic carbocycles. The fourth-order valence-electron chi connectivity index (χ4n) is 1.93. The van der Waals surface area contributed by atoms with Gasteiger partial charge in [0.2, 0.25) is 0 Å². The lowest BCUT2D eigenvalue weighted by Gasteiger charge is -2.18. The lowest BCUT2D eigenvalue weighted by Crippen LogP contribution is -2.15. The first-order valence-corrected chi connectivity index (χ1v) is 8.23. The van der Waals surface area contributed by atoms with Crippen LogP contribution in [0.2, 0.25) is 0 Å². The number of hydrogen-bond donors (Lipinski definition) is 1. The molecule has 0 radical (unpaired) electrons. The van der Waals surface area contributed by atoms with Gasteiger partial charge in [0.25, 0.3) is 0 Å². The van der Waals surface area contributed by atoms with Crippen LogP contribution in [0.15, 0.2) is 48.5 Å². The van der Waals surface area contributed by atoms with Crippen LogP contribution in [-0.2, 0) is 0 Å². The van der Waals surface area contributed by atoms with Gasteiger partial charge in [-0.1, -0.05) is 36.2 Å². The maximum Gasteiger partial charge on any atom is 0.118 e. The molecule has 1 N–H and O–H groups in total. The number of halogens is 1. The highest BCUT2D eigenvalue weighted by molar-refractivity contribution is 14.1. The minimum Gasteiger partial charge on any atom is -0.497 e. The van der Waals surface area contributed by atoms with E-state index in [1.54, 1.807) is 19.1 Å². The summed E-state index contributed by atoms with van der Waals surface area (Å²) in [5.41, 5.74) is 2.50. The van der Waals surface area contributed by atoms with Crippen molar-refractivity contribution in [2.75, 3.05) is 13.4 Å². The van der Waals surface area contributed by atoms with E-state index in [1.807, 2.05) is 18.4 Å². The van der Waals surface area contributed by atoms with E-state index >= 15 is 0 Å². The van der Waals surface area contributed by atoms with E-state index in [9.17, 15) is 0 Å². The molecule has 100 valence electrons. The summed E-state index contributed by atoms with van der Waals surface area (Å²) < 4.78 is 9.91. The molecule has 1 atom stereocenters. The van der Waals surface area contributed by atoms with Crippen LogP contribution in [0, 0.1) is 3.57 Å². The van der Waals surface area contributed by atoms with Crippen molar-refractivity contribution in [3.8, 4) is 5.75 Å². The topological polar surface area (TPSA) is 21.3 Å². The molecule has 0 fully saturated rings. The number of rotatable bonds is 5. The zero-order valence-corrected chi connectivity index (χ0v) is 13.9. The van der Waals surface area contributed by atoms with Crippen molar-refractivity contribution >= 4 is 34.5 Å². The summed E-state index contributed by atoms with van der Waals surface area (Å²) in [7, 11) is 1.69. The van der Waals surface area contributed by atoms with Crippen molar-refractivity contribution < 1.29 is 4.74 Å². The van der Waals surface area contributed by atoms with Gasteiger partial charge in [-0.05, 0) is 64.2 Å². The van der Waals surface area contributed by atoms with Crippen molar-refractivity contribution in [2.24, 2.45) is 0 Å². The average Bonchev–Trinajstić information content (AvgIpc) is 2.45. The SMILES string of the molecule is COc1ccc(C(NSC)c2cccc(I)c2)cc1. The molecular weight excluding hydrogens is 369 g/mol. The van der Waals surface area contributed by atoms with Crippen molar-refractivity contribution in [3.05, 3.63) is 63.2 Å². The summed E-state index contributed by atoms with van der Waals surface area (Å²) in [6.07, 6.45) is 2.05. The fraction of sp³-hybridized carbons (Fsp3) is 0.200. The Morgan fingerprint density at radius 3 is 2.42 bits per heavy atom.